The molecule has 0 saturated heterocycles. The van der Waals surface area contributed by atoms with Crippen molar-refractivity contribution in [3.63, 3.8) is 0 Å². The van der Waals surface area contributed by atoms with Crippen LogP contribution < -0.4 is 0 Å². The van der Waals surface area contributed by atoms with E-state index in [0.717, 1.165) is 0 Å². The molecule has 0 radical (unpaired) electrons. The Kier molecular flexibility index (Phi) is 2.90. The molecular weight excluding hydrogens is 280 g/mol. The number of rotatable bonds is 1. The average molecular weight is 285 g/mol. The Morgan fingerprint density at radius 3 is 2.33 bits per heavy atom. The summed E-state index contributed by atoms with van der Waals surface area (Å²) in [6.07, 6.45) is 0. The summed E-state index contributed by atoms with van der Waals surface area (Å²) in [4.78, 5) is 25.9. The first kappa shape index (κ1) is 12.6. The summed E-state index contributed by atoms with van der Waals surface area (Å²) in [6.45, 7) is 0. The van der Waals surface area contributed by atoms with Gasteiger partial charge in [-0.05, 0) is 5.56 Å². The number of Topliss-reactive ketones (excluding diaryl/α,β-unsaturated/α-hetero) is 2. The lowest BCUT2D eigenvalue weighted by Gasteiger charge is -2.17. The maximum absolute atomic E-state index is 11.7. The van der Waals surface area contributed by atoms with Gasteiger partial charge in [-0.15, -0.1) is 0 Å². The summed E-state index contributed by atoms with van der Waals surface area (Å²) in [6, 6.07) is 5.64. The zero-order chi connectivity index (χ0) is 13.5. The zero-order valence-corrected chi connectivity index (χ0v) is 10.3. The molecule has 0 N–H and O–H groups in total. The second-order valence-electron chi connectivity index (χ2n) is 3.59. The molecule has 1 aliphatic rings. The Balaban J connectivity index is 2.87. The van der Waals surface area contributed by atoms with Gasteiger partial charge in [-0.25, -0.2) is 8.42 Å². The average Bonchev–Trinajstić information content (AvgIpc) is 2.32. The summed E-state index contributed by atoms with van der Waals surface area (Å²) in [5, 5.41) is -1.63. The van der Waals surface area contributed by atoms with Crippen LogP contribution in [0.15, 0.2) is 24.3 Å². The third-order valence-corrected chi connectivity index (χ3v) is 4.14. The van der Waals surface area contributed by atoms with Gasteiger partial charge >= 0.3 is 11.5 Å². The number of fused-ring (bicyclic) bond motifs is 1. The van der Waals surface area contributed by atoms with E-state index in [0.29, 0.717) is 0 Å². The Morgan fingerprint density at radius 2 is 1.78 bits per heavy atom. The van der Waals surface area contributed by atoms with Crippen LogP contribution in [0.25, 0.3) is 5.53 Å². The first-order chi connectivity index (χ1) is 8.38. The lowest BCUT2D eigenvalue weighted by molar-refractivity contribution is -0.114. The highest BCUT2D eigenvalue weighted by atomic mass is 35.7. The molecule has 1 unspecified atom stereocenters. The second-order valence-corrected chi connectivity index (χ2v) is 6.30. The number of ketones is 2. The topological polar surface area (TPSA) is 105 Å². The number of carbonyl (C=O) groups excluding carboxylic acids is 2. The Morgan fingerprint density at radius 1 is 1.17 bits per heavy atom. The van der Waals surface area contributed by atoms with Crippen LogP contribution >= 0.6 is 10.7 Å². The van der Waals surface area contributed by atoms with E-state index in [-0.39, 0.29) is 11.1 Å². The van der Waals surface area contributed by atoms with Crippen molar-refractivity contribution in [2.45, 2.75) is 5.25 Å². The minimum atomic E-state index is -4.25. The fourth-order valence-electron chi connectivity index (χ4n) is 1.82. The van der Waals surface area contributed by atoms with E-state index in [9.17, 15) is 18.0 Å². The van der Waals surface area contributed by atoms with Gasteiger partial charge in [0.15, 0.2) is 0 Å². The van der Waals surface area contributed by atoms with Crippen LogP contribution in [0.2, 0.25) is 0 Å². The molecule has 0 spiro atoms. The first-order valence-corrected chi connectivity index (χ1v) is 7.08. The first-order valence-electron chi connectivity index (χ1n) is 4.71. The summed E-state index contributed by atoms with van der Waals surface area (Å²) >= 11 is 0. The standard InChI is InChI=1S/C10H5ClN2O4S/c11-18(16,17)10-6-4-2-1-3-5(6)8(14)9(15)7(10)13-12/h1-4,10H. The van der Waals surface area contributed by atoms with Gasteiger partial charge in [0.05, 0.1) is 0 Å². The minimum Gasteiger partial charge on any atom is -0.361 e. The highest BCUT2D eigenvalue weighted by Gasteiger charge is 2.50. The Labute approximate surface area is 106 Å². The van der Waals surface area contributed by atoms with Gasteiger partial charge in [-0.3, -0.25) is 9.59 Å². The molecule has 2 rings (SSSR count). The molecule has 0 amide bonds. The SMILES string of the molecule is [N-]=[N+]=C1C(=O)C(=O)c2ccccc2C1S(=O)(=O)Cl. The zero-order valence-electron chi connectivity index (χ0n) is 8.70. The molecule has 0 aliphatic heterocycles. The summed E-state index contributed by atoms with van der Waals surface area (Å²) in [5.41, 5.74) is 7.93. The van der Waals surface area contributed by atoms with Gasteiger partial charge in [-0.1, -0.05) is 24.3 Å². The van der Waals surface area contributed by atoms with Crippen molar-refractivity contribution in [1.82, 2.24) is 0 Å². The van der Waals surface area contributed by atoms with Crippen LogP contribution in [-0.2, 0) is 13.8 Å². The highest BCUT2D eigenvalue weighted by molar-refractivity contribution is 8.14. The maximum atomic E-state index is 11.7. The summed E-state index contributed by atoms with van der Waals surface area (Å²) < 4.78 is 23.0. The van der Waals surface area contributed by atoms with Crippen molar-refractivity contribution in [2.75, 3.05) is 0 Å². The number of halogens is 1. The van der Waals surface area contributed by atoms with Crippen molar-refractivity contribution in [3.05, 3.63) is 40.9 Å². The molecule has 1 atom stereocenters. The molecule has 6 nitrogen and oxygen atoms in total. The molecule has 0 fully saturated rings. The van der Waals surface area contributed by atoms with Crippen molar-refractivity contribution in [2.24, 2.45) is 0 Å². The summed E-state index contributed by atoms with van der Waals surface area (Å²) in [7, 11) is 0.994. The van der Waals surface area contributed by atoms with Crippen LogP contribution in [0, 0.1) is 0 Å². The third kappa shape index (κ3) is 1.78. The van der Waals surface area contributed by atoms with E-state index in [1.165, 1.54) is 24.3 Å². The van der Waals surface area contributed by atoms with Crippen LogP contribution in [0.5, 0.6) is 0 Å². The Bertz CT molecular complexity index is 719. The van der Waals surface area contributed by atoms with E-state index < -0.39 is 31.6 Å². The molecular formula is C10H5ClN2O4S. The molecule has 0 saturated carbocycles. The lowest BCUT2D eigenvalue weighted by Crippen LogP contribution is -2.38. The number of hydrogen-bond donors (Lipinski definition) is 0. The van der Waals surface area contributed by atoms with Crippen molar-refractivity contribution >= 4 is 37.0 Å². The van der Waals surface area contributed by atoms with Crippen LogP contribution in [0.1, 0.15) is 21.2 Å². The normalized spacial score (nSPS) is 19.4. The molecule has 0 bridgehead atoms. The fourth-order valence-corrected chi connectivity index (χ4v) is 3.29. The smallest absolute Gasteiger partial charge is 0.361 e. The molecule has 92 valence electrons. The van der Waals surface area contributed by atoms with Crippen LogP contribution in [-0.4, -0.2) is 30.5 Å². The van der Waals surface area contributed by atoms with Crippen molar-refractivity contribution in [3.8, 4) is 0 Å². The van der Waals surface area contributed by atoms with E-state index in [4.69, 9.17) is 16.2 Å². The Hall–Kier alpha value is -1.82. The molecule has 18 heavy (non-hydrogen) atoms. The van der Waals surface area contributed by atoms with Gasteiger partial charge in [0.1, 0.15) is 0 Å². The third-order valence-electron chi connectivity index (χ3n) is 2.56. The van der Waals surface area contributed by atoms with Gasteiger partial charge < -0.3 is 5.53 Å². The largest absolute Gasteiger partial charge is 0.366 e. The highest BCUT2D eigenvalue weighted by Crippen LogP contribution is 2.33. The monoisotopic (exact) mass is 284 g/mol. The maximum Gasteiger partial charge on any atom is 0.366 e. The van der Waals surface area contributed by atoms with Crippen molar-refractivity contribution < 1.29 is 22.8 Å². The molecule has 1 aromatic rings. The number of carbonyl (C=O) groups is 2. The fraction of sp³-hybridized carbons (Fsp3) is 0.100. The van der Waals surface area contributed by atoms with Gasteiger partial charge in [0.2, 0.25) is 11.0 Å². The molecule has 1 aromatic carbocycles. The molecule has 8 heteroatoms. The van der Waals surface area contributed by atoms with Crippen LogP contribution in [0.3, 0.4) is 0 Å². The lowest BCUT2D eigenvalue weighted by atomic mass is 9.88. The van der Waals surface area contributed by atoms with E-state index in [2.05, 4.69) is 4.79 Å². The summed E-state index contributed by atoms with van der Waals surface area (Å²) in [5.74, 6) is -2.10. The second kappa shape index (κ2) is 4.13. The molecule has 1 aliphatic carbocycles. The van der Waals surface area contributed by atoms with E-state index in [1.807, 2.05) is 0 Å². The quantitative estimate of drug-likeness (QED) is 0.328. The van der Waals surface area contributed by atoms with Gasteiger partial charge in [0, 0.05) is 16.2 Å². The number of nitrogens with zero attached hydrogens (tertiary/aromatic N) is 2. The predicted molar refractivity (Wildman–Crippen MR) is 61.9 cm³/mol. The predicted octanol–water partition coefficient (Wildman–Crippen LogP) is 0.733. The molecule has 0 heterocycles. The number of hydrogen-bond acceptors (Lipinski definition) is 4. The minimum absolute atomic E-state index is 0.0323. The number of benzene rings is 1. The van der Waals surface area contributed by atoms with Crippen molar-refractivity contribution in [1.29, 1.82) is 0 Å². The van der Waals surface area contributed by atoms with E-state index in [1.54, 1.807) is 0 Å². The van der Waals surface area contributed by atoms with E-state index >= 15 is 0 Å². The van der Waals surface area contributed by atoms with Gasteiger partial charge in [0.25, 0.3) is 9.05 Å². The van der Waals surface area contributed by atoms with Gasteiger partial charge in [-0.2, -0.15) is 4.79 Å². The van der Waals surface area contributed by atoms with Crippen LogP contribution in [0.4, 0.5) is 0 Å². The molecule has 0 aromatic heterocycles.